The second-order valence-electron chi connectivity index (χ2n) is 4.10. The van der Waals surface area contributed by atoms with Crippen LogP contribution in [0.3, 0.4) is 0 Å². The Morgan fingerprint density at radius 3 is 2.40 bits per heavy atom. The van der Waals surface area contributed by atoms with Crippen molar-refractivity contribution in [2.75, 3.05) is 0 Å². The monoisotopic (exact) mass is 208 g/mol. The SMILES string of the molecule is CC(C)=CC(NN)c1c(C)nn(C)c1C. The second-order valence-corrected chi connectivity index (χ2v) is 4.10. The Kier molecular flexibility index (Phi) is 3.66. The Balaban J connectivity index is 3.17. The van der Waals surface area contributed by atoms with Crippen LogP contribution in [-0.4, -0.2) is 9.78 Å². The summed E-state index contributed by atoms with van der Waals surface area (Å²) in [6, 6.07) is 0.0451. The number of nitrogens with one attached hydrogen (secondary N) is 1. The zero-order valence-corrected chi connectivity index (χ0v) is 10.1. The zero-order chi connectivity index (χ0) is 11.6. The van der Waals surface area contributed by atoms with E-state index in [1.54, 1.807) is 0 Å². The van der Waals surface area contributed by atoms with Gasteiger partial charge >= 0.3 is 0 Å². The van der Waals surface area contributed by atoms with Gasteiger partial charge in [-0.05, 0) is 27.7 Å². The average Bonchev–Trinajstić information content (AvgIpc) is 2.38. The van der Waals surface area contributed by atoms with Crippen molar-refractivity contribution >= 4 is 0 Å². The maximum absolute atomic E-state index is 5.57. The molecule has 1 aromatic heterocycles. The summed E-state index contributed by atoms with van der Waals surface area (Å²) >= 11 is 0. The van der Waals surface area contributed by atoms with E-state index in [0.717, 1.165) is 11.4 Å². The Labute approximate surface area is 91.1 Å². The van der Waals surface area contributed by atoms with Crippen LogP contribution in [0.5, 0.6) is 0 Å². The van der Waals surface area contributed by atoms with Gasteiger partial charge in [-0.2, -0.15) is 5.10 Å². The lowest BCUT2D eigenvalue weighted by Gasteiger charge is -2.13. The lowest BCUT2D eigenvalue weighted by molar-refractivity contribution is 0.643. The molecule has 0 aliphatic rings. The number of hydrazine groups is 1. The lowest BCUT2D eigenvalue weighted by atomic mass is 10.0. The molecule has 1 rings (SSSR count). The van der Waals surface area contributed by atoms with E-state index >= 15 is 0 Å². The van der Waals surface area contributed by atoms with Crippen molar-refractivity contribution in [2.24, 2.45) is 12.9 Å². The van der Waals surface area contributed by atoms with Crippen LogP contribution in [-0.2, 0) is 7.05 Å². The molecule has 4 nitrogen and oxygen atoms in total. The van der Waals surface area contributed by atoms with Crippen LogP contribution < -0.4 is 11.3 Å². The molecule has 1 heterocycles. The molecule has 0 aromatic carbocycles. The van der Waals surface area contributed by atoms with Gasteiger partial charge in [0.1, 0.15) is 0 Å². The van der Waals surface area contributed by atoms with E-state index in [2.05, 4.69) is 37.4 Å². The number of aromatic nitrogens is 2. The Hall–Kier alpha value is -1.13. The van der Waals surface area contributed by atoms with Gasteiger partial charge in [-0.25, -0.2) is 5.43 Å². The Morgan fingerprint density at radius 1 is 1.47 bits per heavy atom. The van der Waals surface area contributed by atoms with Crippen molar-refractivity contribution in [1.29, 1.82) is 0 Å². The summed E-state index contributed by atoms with van der Waals surface area (Å²) in [6.07, 6.45) is 2.11. The molecule has 84 valence electrons. The minimum absolute atomic E-state index is 0.0451. The maximum Gasteiger partial charge on any atom is 0.0679 e. The molecule has 0 aliphatic carbocycles. The molecular formula is C11H20N4. The van der Waals surface area contributed by atoms with Crippen LogP contribution in [0, 0.1) is 13.8 Å². The molecule has 0 radical (unpaired) electrons. The molecule has 1 atom stereocenters. The highest BCUT2D eigenvalue weighted by Gasteiger charge is 2.16. The van der Waals surface area contributed by atoms with Crippen molar-refractivity contribution in [1.82, 2.24) is 15.2 Å². The summed E-state index contributed by atoms with van der Waals surface area (Å²) in [4.78, 5) is 0. The first kappa shape index (κ1) is 11.9. The van der Waals surface area contributed by atoms with Crippen LogP contribution in [0.15, 0.2) is 11.6 Å². The molecule has 0 bridgehead atoms. The molecule has 0 spiro atoms. The van der Waals surface area contributed by atoms with Gasteiger partial charge in [0.2, 0.25) is 0 Å². The summed E-state index contributed by atoms with van der Waals surface area (Å²) in [7, 11) is 1.95. The molecule has 0 amide bonds. The highest BCUT2D eigenvalue weighted by atomic mass is 15.3. The van der Waals surface area contributed by atoms with Crippen LogP contribution in [0.4, 0.5) is 0 Å². The fourth-order valence-electron chi connectivity index (χ4n) is 1.79. The van der Waals surface area contributed by atoms with Crippen LogP contribution in [0.1, 0.15) is 36.8 Å². The van der Waals surface area contributed by atoms with Gasteiger partial charge in [-0.15, -0.1) is 0 Å². The fraction of sp³-hybridized carbons (Fsp3) is 0.545. The van der Waals surface area contributed by atoms with Gasteiger partial charge in [0, 0.05) is 18.3 Å². The quantitative estimate of drug-likeness (QED) is 0.450. The first-order chi connectivity index (χ1) is 6.97. The zero-order valence-electron chi connectivity index (χ0n) is 10.1. The van der Waals surface area contributed by atoms with E-state index in [0.29, 0.717) is 0 Å². The predicted octanol–water partition coefficient (Wildman–Crippen LogP) is 1.51. The number of aryl methyl sites for hydroxylation is 2. The number of nitrogens with two attached hydrogens (primary N) is 1. The number of nitrogens with zero attached hydrogens (tertiary/aromatic N) is 2. The average molecular weight is 208 g/mol. The topological polar surface area (TPSA) is 55.9 Å². The van der Waals surface area contributed by atoms with Gasteiger partial charge in [-0.3, -0.25) is 10.5 Å². The fourth-order valence-corrected chi connectivity index (χ4v) is 1.79. The van der Waals surface area contributed by atoms with E-state index in [-0.39, 0.29) is 6.04 Å². The van der Waals surface area contributed by atoms with Crippen molar-refractivity contribution in [3.05, 3.63) is 28.6 Å². The largest absolute Gasteiger partial charge is 0.272 e. The van der Waals surface area contributed by atoms with E-state index in [4.69, 9.17) is 5.84 Å². The summed E-state index contributed by atoms with van der Waals surface area (Å²) < 4.78 is 1.88. The minimum atomic E-state index is 0.0451. The predicted molar refractivity (Wildman–Crippen MR) is 62.2 cm³/mol. The third kappa shape index (κ3) is 2.46. The van der Waals surface area contributed by atoms with Crippen molar-refractivity contribution < 1.29 is 0 Å². The van der Waals surface area contributed by atoms with Crippen LogP contribution in [0.2, 0.25) is 0 Å². The first-order valence-corrected chi connectivity index (χ1v) is 5.08. The third-order valence-electron chi connectivity index (χ3n) is 2.56. The van der Waals surface area contributed by atoms with Gasteiger partial charge in [-0.1, -0.05) is 11.6 Å². The number of hydrogen-bond acceptors (Lipinski definition) is 3. The summed E-state index contributed by atoms with van der Waals surface area (Å²) in [5, 5.41) is 4.38. The smallest absolute Gasteiger partial charge is 0.0679 e. The van der Waals surface area contributed by atoms with Crippen LogP contribution >= 0.6 is 0 Å². The summed E-state index contributed by atoms with van der Waals surface area (Å²) in [5.74, 6) is 5.57. The van der Waals surface area contributed by atoms with Gasteiger partial charge in [0.25, 0.3) is 0 Å². The Morgan fingerprint density at radius 2 is 2.07 bits per heavy atom. The Bertz CT molecular complexity index is 372. The lowest BCUT2D eigenvalue weighted by Crippen LogP contribution is -2.27. The highest BCUT2D eigenvalue weighted by molar-refractivity contribution is 5.31. The molecule has 0 saturated heterocycles. The molecular weight excluding hydrogens is 188 g/mol. The van der Waals surface area contributed by atoms with E-state index in [1.165, 1.54) is 11.1 Å². The van der Waals surface area contributed by atoms with Crippen molar-refractivity contribution in [3.63, 3.8) is 0 Å². The van der Waals surface area contributed by atoms with E-state index < -0.39 is 0 Å². The number of allylic oxidation sites excluding steroid dienone is 1. The summed E-state index contributed by atoms with van der Waals surface area (Å²) in [5.41, 5.74) is 7.39. The molecule has 3 N–H and O–H groups in total. The summed E-state index contributed by atoms with van der Waals surface area (Å²) in [6.45, 7) is 8.18. The van der Waals surface area contributed by atoms with Crippen molar-refractivity contribution in [2.45, 2.75) is 33.7 Å². The molecule has 0 fully saturated rings. The number of rotatable bonds is 3. The third-order valence-corrected chi connectivity index (χ3v) is 2.56. The van der Waals surface area contributed by atoms with E-state index in [9.17, 15) is 0 Å². The molecule has 1 aromatic rings. The van der Waals surface area contributed by atoms with Crippen LogP contribution in [0.25, 0.3) is 0 Å². The molecule has 0 saturated carbocycles. The number of hydrogen-bond donors (Lipinski definition) is 2. The maximum atomic E-state index is 5.57. The molecule has 4 heteroatoms. The standard InChI is InChI=1S/C11H20N4/c1-7(2)6-10(13-12)11-8(3)14-15(5)9(11)4/h6,10,13H,12H2,1-5H3. The second kappa shape index (κ2) is 4.59. The molecule has 1 unspecified atom stereocenters. The highest BCUT2D eigenvalue weighted by Crippen LogP contribution is 2.22. The van der Waals surface area contributed by atoms with Gasteiger partial charge < -0.3 is 0 Å². The normalized spacial score (nSPS) is 12.7. The van der Waals surface area contributed by atoms with E-state index in [1.807, 2.05) is 18.7 Å². The molecule has 0 aliphatic heterocycles. The first-order valence-electron chi connectivity index (χ1n) is 5.08. The van der Waals surface area contributed by atoms with Crippen molar-refractivity contribution in [3.8, 4) is 0 Å². The molecule has 15 heavy (non-hydrogen) atoms. The van der Waals surface area contributed by atoms with Gasteiger partial charge in [0.05, 0.1) is 11.7 Å². The minimum Gasteiger partial charge on any atom is -0.272 e. The van der Waals surface area contributed by atoms with Gasteiger partial charge in [0.15, 0.2) is 0 Å².